The van der Waals surface area contributed by atoms with Crippen LogP contribution in [0.4, 0.5) is 4.79 Å². The van der Waals surface area contributed by atoms with E-state index in [-0.39, 0.29) is 6.03 Å². The molecule has 0 aliphatic carbocycles. The molecule has 0 fully saturated rings. The molecule has 0 spiro atoms. The molecule has 0 unspecified atom stereocenters. The molecule has 0 aliphatic rings. The highest BCUT2D eigenvalue weighted by Gasteiger charge is 2.36. The van der Waals surface area contributed by atoms with Gasteiger partial charge in [-0.3, -0.25) is 0 Å². The number of hydrogen-bond donors (Lipinski definition) is 1. The van der Waals surface area contributed by atoms with Crippen LogP contribution in [0.2, 0.25) is 0 Å². The van der Waals surface area contributed by atoms with E-state index in [2.05, 4.69) is 0 Å². The molecule has 0 atom stereocenters. The summed E-state index contributed by atoms with van der Waals surface area (Å²) in [6.45, 7) is 3.34. The van der Waals surface area contributed by atoms with E-state index in [4.69, 9.17) is 9.52 Å². The topological polar surface area (TPSA) is 74.0 Å². The van der Waals surface area contributed by atoms with Gasteiger partial charge in [-0.1, -0.05) is 0 Å². The van der Waals surface area contributed by atoms with Crippen LogP contribution in [0, 0.1) is 0 Å². The molecule has 0 bridgehead atoms. The molecule has 6 nitrogen and oxygen atoms in total. The van der Waals surface area contributed by atoms with E-state index in [0.29, 0.717) is 6.54 Å². The van der Waals surface area contributed by atoms with Gasteiger partial charge in [0.1, 0.15) is 5.54 Å². The number of aliphatic carboxylic acids is 1. The van der Waals surface area contributed by atoms with Crippen molar-refractivity contribution in [2.24, 2.45) is 0 Å². The Balaban J connectivity index is 2.72. The second kappa shape index (κ2) is 5.12. The van der Waals surface area contributed by atoms with Gasteiger partial charge in [-0.2, -0.15) is 0 Å². The molecule has 0 saturated carbocycles. The first-order valence-electron chi connectivity index (χ1n) is 5.50. The maximum absolute atomic E-state index is 12.1. The maximum atomic E-state index is 12.1. The van der Waals surface area contributed by atoms with Crippen molar-refractivity contribution in [1.82, 2.24) is 9.80 Å². The number of amides is 2. The Morgan fingerprint density at radius 1 is 1.39 bits per heavy atom. The van der Waals surface area contributed by atoms with Gasteiger partial charge in [0.2, 0.25) is 0 Å². The van der Waals surface area contributed by atoms with Crippen LogP contribution in [0.15, 0.2) is 23.0 Å². The van der Waals surface area contributed by atoms with Gasteiger partial charge in [0.05, 0.1) is 19.1 Å². The van der Waals surface area contributed by atoms with Crippen molar-refractivity contribution in [3.63, 3.8) is 0 Å². The molecule has 1 rings (SSSR count). The van der Waals surface area contributed by atoms with Crippen molar-refractivity contribution in [1.29, 1.82) is 0 Å². The van der Waals surface area contributed by atoms with Gasteiger partial charge in [0.25, 0.3) is 0 Å². The standard InChI is InChI=1S/C12H18N2O4/c1-12(2,10(15)16)14(4)11(17)13(3)7-9-5-6-18-8-9/h5-6,8H,7H2,1-4H3,(H,15,16). The predicted octanol–water partition coefficient (Wildman–Crippen LogP) is 1.63. The first-order valence-corrected chi connectivity index (χ1v) is 5.50. The Morgan fingerprint density at radius 3 is 2.44 bits per heavy atom. The summed E-state index contributed by atoms with van der Waals surface area (Å²) < 4.78 is 4.92. The highest BCUT2D eigenvalue weighted by Crippen LogP contribution is 2.15. The van der Waals surface area contributed by atoms with Crippen LogP contribution in [0.1, 0.15) is 19.4 Å². The van der Waals surface area contributed by atoms with Gasteiger partial charge in [0, 0.05) is 19.7 Å². The van der Waals surface area contributed by atoms with Gasteiger partial charge in [-0.05, 0) is 19.9 Å². The Morgan fingerprint density at radius 2 is 2.00 bits per heavy atom. The SMILES string of the molecule is CN(Cc1ccoc1)C(=O)N(C)C(C)(C)C(=O)O. The molecule has 0 saturated heterocycles. The number of carboxylic acids is 1. The average molecular weight is 254 g/mol. The zero-order chi connectivity index (χ0) is 13.9. The highest BCUT2D eigenvalue weighted by atomic mass is 16.4. The fourth-order valence-electron chi connectivity index (χ4n) is 1.36. The molecule has 1 N–H and O–H groups in total. The number of carbonyl (C=O) groups is 2. The summed E-state index contributed by atoms with van der Waals surface area (Å²) >= 11 is 0. The fourth-order valence-corrected chi connectivity index (χ4v) is 1.36. The molecule has 0 aliphatic heterocycles. The second-order valence-corrected chi connectivity index (χ2v) is 4.69. The Hall–Kier alpha value is -1.98. The lowest BCUT2D eigenvalue weighted by atomic mass is 10.0. The summed E-state index contributed by atoms with van der Waals surface area (Å²) in [5.41, 5.74) is -0.394. The number of likely N-dealkylation sites (N-methyl/N-ethyl adjacent to an activating group) is 1. The van der Waals surface area contributed by atoms with E-state index < -0.39 is 11.5 Å². The van der Waals surface area contributed by atoms with E-state index in [9.17, 15) is 9.59 Å². The molecule has 1 aromatic heterocycles. The molecular weight excluding hydrogens is 236 g/mol. The molecule has 1 heterocycles. The third-order valence-electron chi connectivity index (χ3n) is 2.98. The first-order chi connectivity index (χ1) is 8.26. The van der Waals surface area contributed by atoms with Crippen LogP contribution < -0.4 is 0 Å². The molecule has 18 heavy (non-hydrogen) atoms. The Bertz CT molecular complexity index is 425. The molecule has 100 valence electrons. The van der Waals surface area contributed by atoms with E-state index >= 15 is 0 Å². The van der Waals surface area contributed by atoms with Crippen LogP contribution in [-0.2, 0) is 11.3 Å². The van der Waals surface area contributed by atoms with Crippen LogP contribution >= 0.6 is 0 Å². The maximum Gasteiger partial charge on any atom is 0.329 e. The monoisotopic (exact) mass is 254 g/mol. The molecule has 2 amide bonds. The minimum Gasteiger partial charge on any atom is -0.480 e. The molecule has 0 radical (unpaired) electrons. The molecule has 1 aromatic rings. The van der Waals surface area contributed by atoms with Crippen LogP contribution in [0.5, 0.6) is 0 Å². The van der Waals surface area contributed by atoms with E-state index in [1.165, 1.54) is 37.0 Å². The third-order valence-corrected chi connectivity index (χ3v) is 2.98. The van der Waals surface area contributed by atoms with E-state index in [0.717, 1.165) is 5.56 Å². The Kier molecular flexibility index (Phi) is 4.00. The largest absolute Gasteiger partial charge is 0.480 e. The molecular formula is C12H18N2O4. The van der Waals surface area contributed by atoms with Crippen molar-refractivity contribution < 1.29 is 19.1 Å². The van der Waals surface area contributed by atoms with Crippen molar-refractivity contribution >= 4 is 12.0 Å². The van der Waals surface area contributed by atoms with Gasteiger partial charge in [-0.15, -0.1) is 0 Å². The number of rotatable bonds is 4. The van der Waals surface area contributed by atoms with Crippen LogP contribution in [-0.4, -0.2) is 46.5 Å². The first kappa shape index (κ1) is 14.1. The minimum atomic E-state index is -1.25. The van der Waals surface area contributed by atoms with Crippen molar-refractivity contribution in [2.45, 2.75) is 25.9 Å². The summed E-state index contributed by atoms with van der Waals surface area (Å²) in [6, 6.07) is 1.40. The quantitative estimate of drug-likeness (QED) is 0.886. The van der Waals surface area contributed by atoms with Crippen molar-refractivity contribution in [3.05, 3.63) is 24.2 Å². The summed E-state index contributed by atoms with van der Waals surface area (Å²) in [7, 11) is 3.09. The smallest absolute Gasteiger partial charge is 0.329 e. The number of furan rings is 1. The number of nitrogens with zero attached hydrogens (tertiary/aromatic N) is 2. The van der Waals surface area contributed by atoms with Crippen molar-refractivity contribution in [3.8, 4) is 0 Å². The zero-order valence-corrected chi connectivity index (χ0v) is 11.0. The van der Waals surface area contributed by atoms with Gasteiger partial charge in [0.15, 0.2) is 0 Å². The number of carboxylic acid groups (broad SMARTS) is 1. The van der Waals surface area contributed by atoms with Crippen LogP contribution in [0.25, 0.3) is 0 Å². The number of carbonyl (C=O) groups excluding carboxylic acids is 1. The second-order valence-electron chi connectivity index (χ2n) is 4.69. The highest BCUT2D eigenvalue weighted by molar-refractivity contribution is 5.85. The summed E-state index contributed by atoms with van der Waals surface area (Å²) in [6.07, 6.45) is 3.07. The van der Waals surface area contributed by atoms with Gasteiger partial charge >= 0.3 is 12.0 Å². The van der Waals surface area contributed by atoms with E-state index in [1.54, 1.807) is 19.4 Å². The molecule has 6 heteroatoms. The molecule has 0 aromatic carbocycles. The zero-order valence-electron chi connectivity index (χ0n) is 11.0. The summed E-state index contributed by atoms with van der Waals surface area (Å²) in [5, 5.41) is 9.07. The lowest BCUT2D eigenvalue weighted by Crippen LogP contribution is -2.54. The average Bonchev–Trinajstić information content (AvgIpc) is 2.79. The van der Waals surface area contributed by atoms with Gasteiger partial charge < -0.3 is 19.3 Å². The lowest BCUT2D eigenvalue weighted by Gasteiger charge is -2.34. The van der Waals surface area contributed by atoms with Gasteiger partial charge in [-0.25, -0.2) is 9.59 Å². The normalized spacial score (nSPS) is 11.1. The number of urea groups is 1. The lowest BCUT2D eigenvalue weighted by molar-refractivity contribution is -0.147. The van der Waals surface area contributed by atoms with E-state index in [1.807, 2.05) is 0 Å². The van der Waals surface area contributed by atoms with Crippen LogP contribution in [0.3, 0.4) is 0 Å². The number of hydrogen-bond acceptors (Lipinski definition) is 3. The summed E-state index contributed by atoms with van der Waals surface area (Å²) in [4.78, 5) is 25.8. The fraction of sp³-hybridized carbons (Fsp3) is 0.500. The summed E-state index contributed by atoms with van der Waals surface area (Å²) in [5.74, 6) is -1.05. The Labute approximate surface area is 106 Å². The van der Waals surface area contributed by atoms with Crippen molar-refractivity contribution in [2.75, 3.05) is 14.1 Å². The minimum absolute atomic E-state index is 0.358. The third kappa shape index (κ3) is 2.82. The predicted molar refractivity (Wildman–Crippen MR) is 65.0 cm³/mol.